The van der Waals surface area contributed by atoms with Crippen molar-refractivity contribution in [2.75, 3.05) is 13.2 Å². The lowest BCUT2D eigenvalue weighted by atomic mass is 9.83. The Balaban J connectivity index is 2.81. The maximum atomic E-state index is 13.5. The van der Waals surface area contributed by atoms with Gasteiger partial charge in [-0.3, -0.25) is 4.79 Å². The molecule has 1 rings (SSSR count). The van der Waals surface area contributed by atoms with E-state index in [-0.39, 0.29) is 24.5 Å². The van der Waals surface area contributed by atoms with E-state index in [2.05, 4.69) is 5.32 Å². The number of aromatic hydroxyl groups is 1. The number of halogens is 1. The van der Waals surface area contributed by atoms with Gasteiger partial charge in [-0.15, -0.1) is 0 Å². The van der Waals surface area contributed by atoms with Gasteiger partial charge in [0.2, 0.25) is 0 Å². The number of aliphatic hydroxyl groups is 1. The number of benzene rings is 1. The van der Waals surface area contributed by atoms with Gasteiger partial charge in [-0.1, -0.05) is 19.9 Å². The van der Waals surface area contributed by atoms with Crippen LogP contribution in [0.4, 0.5) is 4.39 Å². The molecule has 0 saturated heterocycles. The summed E-state index contributed by atoms with van der Waals surface area (Å²) in [5.41, 5.74) is -0.766. The van der Waals surface area contributed by atoms with Gasteiger partial charge in [0.25, 0.3) is 5.91 Å². The van der Waals surface area contributed by atoms with Gasteiger partial charge in [0.05, 0.1) is 6.61 Å². The number of hydrogen-bond donors (Lipinski definition) is 3. The van der Waals surface area contributed by atoms with Crippen LogP contribution in [0.3, 0.4) is 0 Å². The lowest BCUT2D eigenvalue weighted by Crippen LogP contribution is -2.39. The van der Waals surface area contributed by atoms with Crippen LogP contribution in [0.1, 0.15) is 37.0 Å². The average Bonchev–Trinajstić information content (AvgIpc) is 2.41. The van der Waals surface area contributed by atoms with E-state index in [1.807, 2.05) is 13.8 Å². The smallest absolute Gasteiger partial charge is 0.258 e. The Morgan fingerprint density at radius 2 is 2.00 bits per heavy atom. The Morgan fingerprint density at radius 1 is 1.37 bits per heavy atom. The summed E-state index contributed by atoms with van der Waals surface area (Å²) in [7, 11) is 0. The van der Waals surface area contributed by atoms with Gasteiger partial charge >= 0.3 is 0 Å². The third-order valence-corrected chi connectivity index (χ3v) is 3.68. The molecule has 19 heavy (non-hydrogen) atoms. The van der Waals surface area contributed by atoms with Crippen LogP contribution >= 0.6 is 0 Å². The second-order valence-corrected chi connectivity index (χ2v) is 4.68. The molecule has 3 N–H and O–H groups in total. The van der Waals surface area contributed by atoms with E-state index in [0.717, 1.165) is 6.07 Å². The van der Waals surface area contributed by atoms with Gasteiger partial charge in [-0.05, 0) is 25.0 Å². The third-order valence-electron chi connectivity index (χ3n) is 3.68. The fraction of sp³-hybridized carbons (Fsp3) is 0.500. The predicted octanol–water partition coefficient (Wildman–Crippen LogP) is 2.06. The van der Waals surface area contributed by atoms with Crippen molar-refractivity contribution in [3.8, 4) is 5.75 Å². The minimum Gasteiger partial charge on any atom is -0.507 e. The summed E-state index contributed by atoms with van der Waals surface area (Å²) in [6, 6.07) is 3.71. The van der Waals surface area contributed by atoms with Crippen molar-refractivity contribution in [1.29, 1.82) is 0 Å². The summed E-state index contributed by atoms with van der Waals surface area (Å²) >= 11 is 0. The quantitative estimate of drug-likeness (QED) is 0.740. The van der Waals surface area contributed by atoms with Crippen LogP contribution in [0, 0.1) is 11.2 Å². The van der Waals surface area contributed by atoms with Gasteiger partial charge in [-0.25, -0.2) is 4.39 Å². The largest absolute Gasteiger partial charge is 0.507 e. The number of aliphatic hydroxyl groups excluding tert-OH is 1. The molecule has 0 aromatic heterocycles. The maximum absolute atomic E-state index is 13.5. The number of rotatable bonds is 6. The molecule has 106 valence electrons. The fourth-order valence-corrected chi connectivity index (χ4v) is 1.87. The van der Waals surface area contributed by atoms with Crippen molar-refractivity contribution in [2.24, 2.45) is 5.41 Å². The summed E-state index contributed by atoms with van der Waals surface area (Å²) in [6.45, 7) is 4.03. The van der Waals surface area contributed by atoms with Gasteiger partial charge in [0.15, 0.2) is 0 Å². The SMILES string of the molecule is CCC(CC)(CO)CNC(=O)c1c(O)cccc1F. The molecule has 0 bridgehead atoms. The zero-order valence-corrected chi connectivity index (χ0v) is 11.2. The highest BCUT2D eigenvalue weighted by Gasteiger charge is 2.27. The Morgan fingerprint density at radius 3 is 2.47 bits per heavy atom. The van der Waals surface area contributed by atoms with E-state index in [9.17, 15) is 19.4 Å². The molecule has 0 atom stereocenters. The normalized spacial score (nSPS) is 11.4. The van der Waals surface area contributed by atoms with Gasteiger partial charge < -0.3 is 15.5 Å². The summed E-state index contributed by atoms with van der Waals surface area (Å²) < 4.78 is 13.5. The van der Waals surface area contributed by atoms with Crippen LogP contribution in [-0.2, 0) is 0 Å². The van der Waals surface area contributed by atoms with Crippen molar-refractivity contribution in [3.05, 3.63) is 29.6 Å². The van der Waals surface area contributed by atoms with Crippen molar-refractivity contribution in [3.63, 3.8) is 0 Å². The second kappa shape index (κ2) is 6.52. The molecule has 5 heteroatoms. The first-order valence-corrected chi connectivity index (χ1v) is 6.36. The van der Waals surface area contributed by atoms with Crippen molar-refractivity contribution < 1.29 is 19.4 Å². The monoisotopic (exact) mass is 269 g/mol. The lowest BCUT2D eigenvalue weighted by Gasteiger charge is -2.29. The van der Waals surface area contributed by atoms with E-state index in [4.69, 9.17) is 0 Å². The van der Waals surface area contributed by atoms with E-state index in [0.29, 0.717) is 12.8 Å². The molecule has 1 amide bonds. The van der Waals surface area contributed by atoms with Gasteiger partial charge in [0, 0.05) is 12.0 Å². The molecule has 0 heterocycles. The third kappa shape index (κ3) is 3.44. The van der Waals surface area contributed by atoms with E-state index in [1.54, 1.807) is 0 Å². The Bertz CT molecular complexity index is 416. The lowest BCUT2D eigenvalue weighted by molar-refractivity contribution is 0.0845. The van der Waals surface area contributed by atoms with Crippen LogP contribution in [0.25, 0.3) is 0 Å². The topological polar surface area (TPSA) is 69.6 Å². The molecule has 0 saturated carbocycles. The highest BCUT2D eigenvalue weighted by molar-refractivity contribution is 5.97. The number of phenols is 1. The minimum absolute atomic E-state index is 0.0520. The van der Waals surface area contributed by atoms with Gasteiger partial charge in [-0.2, -0.15) is 0 Å². The second-order valence-electron chi connectivity index (χ2n) is 4.68. The highest BCUT2D eigenvalue weighted by atomic mass is 19.1. The van der Waals surface area contributed by atoms with Crippen LogP contribution in [0.5, 0.6) is 5.75 Å². The highest BCUT2D eigenvalue weighted by Crippen LogP contribution is 2.25. The average molecular weight is 269 g/mol. The van der Waals surface area contributed by atoms with Crippen LogP contribution < -0.4 is 5.32 Å². The minimum atomic E-state index is -0.764. The zero-order chi connectivity index (χ0) is 14.5. The Hall–Kier alpha value is -1.62. The molecular weight excluding hydrogens is 249 g/mol. The van der Waals surface area contributed by atoms with Crippen LogP contribution in [0.2, 0.25) is 0 Å². The van der Waals surface area contributed by atoms with Crippen molar-refractivity contribution in [2.45, 2.75) is 26.7 Å². The molecule has 1 aromatic rings. The molecule has 0 aliphatic carbocycles. The molecule has 0 fully saturated rings. The molecule has 1 aromatic carbocycles. The van der Waals surface area contributed by atoms with E-state index >= 15 is 0 Å². The molecule has 0 aliphatic rings. The molecule has 4 nitrogen and oxygen atoms in total. The van der Waals surface area contributed by atoms with Crippen LogP contribution in [-0.4, -0.2) is 29.3 Å². The molecular formula is C14H20FNO3. The first-order chi connectivity index (χ1) is 8.99. The van der Waals surface area contributed by atoms with Gasteiger partial charge in [0.1, 0.15) is 17.1 Å². The molecule has 0 unspecified atom stereocenters. The number of carbonyl (C=O) groups is 1. The fourth-order valence-electron chi connectivity index (χ4n) is 1.87. The molecule has 0 aliphatic heterocycles. The number of nitrogens with one attached hydrogen (secondary N) is 1. The number of phenolic OH excluding ortho intramolecular Hbond substituents is 1. The van der Waals surface area contributed by atoms with Crippen LogP contribution in [0.15, 0.2) is 18.2 Å². The Labute approximate surface area is 112 Å². The van der Waals surface area contributed by atoms with E-state index < -0.39 is 17.1 Å². The maximum Gasteiger partial charge on any atom is 0.258 e. The summed E-state index contributed by atoms with van der Waals surface area (Å²) in [4.78, 5) is 11.9. The summed E-state index contributed by atoms with van der Waals surface area (Å²) in [5.74, 6) is -1.82. The number of hydrogen-bond acceptors (Lipinski definition) is 3. The Kier molecular flexibility index (Phi) is 5.30. The van der Waals surface area contributed by atoms with Crippen molar-refractivity contribution >= 4 is 5.91 Å². The first-order valence-electron chi connectivity index (χ1n) is 6.36. The van der Waals surface area contributed by atoms with Crippen molar-refractivity contribution in [1.82, 2.24) is 5.32 Å². The zero-order valence-electron chi connectivity index (χ0n) is 11.2. The first kappa shape index (κ1) is 15.4. The molecule has 0 radical (unpaired) electrons. The summed E-state index contributed by atoms with van der Waals surface area (Å²) in [6.07, 6.45) is 1.40. The molecule has 0 spiro atoms. The predicted molar refractivity (Wildman–Crippen MR) is 70.5 cm³/mol. The van der Waals surface area contributed by atoms with E-state index in [1.165, 1.54) is 12.1 Å². The number of amides is 1. The standard InChI is InChI=1S/C14H20FNO3/c1-3-14(4-2,9-17)8-16-13(19)12-10(15)6-5-7-11(12)18/h5-7,17-18H,3-4,8-9H2,1-2H3,(H,16,19). The number of carbonyl (C=O) groups excluding carboxylic acids is 1. The summed E-state index contributed by atoms with van der Waals surface area (Å²) in [5, 5.41) is 21.5.